The van der Waals surface area contributed by atoms with E-state index in [0.29, 0.717) is 5.75 Å². The molecule has 1 aromatic heterocycles. The highest BCUT2D eigenvalue weighted by Gasteiger charge is 2.33. The quantitative estimate of drug-likeness (QED) is 0.282. The molecule has 0 aliphatic rings. The van der Waals surface area contributed by atoms with Gasteiger partial charge in [0, 0.05) is 17.1 Å². The Kier molecular flexibility index (Phi) is 6.07. The lowest BCUT2D eigenvalue weighted by molar-refractivity contribution is -0.136. The fraction of sp³-hybridized carbons (Fsp3) is 0.160. The molecule has 1 heterocycles. The van der Waals surface area contributed by atoms with Crippen molar-refractivity contribution in [1.82, 2.24) is 4.98 Å². The van der Waals surface area contributed by atoms with Crippen LogP contribution >= 0.6 is 0 Å². The molecular formula is C25H19F4NO3S. The molecule has 4 nitrogen and oxygen atoms in total. The molecule has 0 saturated heterocycles. The number of sulfone groups is 1. The monoisotopic (exact) mass is 489 g/mol. The smallest absolute Gasteiger partial charge is 0.418 e. The molecule has 0 aliphatic carbocycles. The fourth-order valence-corrected chi connectivity index (χ4v) is 4.58. The van der Waals surface area contributed by atoms with Gasteiger partial charge in [-0.2, -0.15) is 13.2 Å². The van der Waals surface area contributed by atoms with E-state index in [-0.39, 0.29) is 32.7 Å². The van der Waals surface area contributed by atoms with E-state index in [2.05, 4.69) is 4.98 Å². The maximum absolute atomic E-state index is 14.8. The Hall–Kier alpha value is -3.46. The van der Waals surface area contributed by atoms with Crippen molar-refractivity contribution in [1.29, 1.82) is 0 Å². The lowest BCUT2D eigenvalue weighted by Crippen LogP contribution is -2.13. The number of nitrogens with zero attached hydrogens (tertiary/aromatic N) is 1. The highest BCUT2D eigenvalue weighted by molar-refractivity contribution is 7.92. The maximum atomic E-state index is 14.8. The van der Waals surface area contributed by atoms with E-state index in [0.717, 1.165) is 12.1 Å². The topological polar surface area (TPSA) is 56.3 Å². The van der Waals surface area contributed by atoms with Gasteiger partial charge in [-0.3, -0.25) is 4.98 Å². The molecule has 0 N–H and O–H groups in total. The van der Waals surface area contributed by atoms with Gasteiger partial charge in [-0.05, 0) is 74.0 Å². The molecular weight excluding hydrogens is 470 g/mol. The zero-order valence-electron chi connectivity index (χ0n) is 18.1. The number of benzene rings is 3. The predicted octanol–water partition coefficient (Wildman–Crippen LogP) is 7.03. The first-order valence-corrected chi connectivity index (χ1v) is 11.8. The lowest BCUT2D eigenvalue weighted by Gasteiger charge is -2.14. The van der Waals surface area contributed by atoms with E-state index in [1.54, 1.807) is 13.8 Å². The Morgan fingerprint density at radius 3 is 2.21 bits per heavy atom. The number of aromatic nitrogens is 1. The number of pyridine rings is 1. The Balaban J connectivity index is 1.72. The lowest BCUT2D eigenvalue weighted by atomic mass is 9.98. The Morgan fingerprint density at radius 1 is 0.882 bits per heavy atom. The molecule has 176 valence electrons. The van der Waals surface area contributed by atoms with E-state index in [9.17, 15) is 26.0 Å². The van der Waals surface area contributed by atoms with Crippen molar-refractivity contribution in [3.8, 4) is 22.6 Å². The van der Waals surface area contributed by atoms with Gasteiger partial charge >= 0.3 is 6.18 Å². The van der Waals surface area contributed by atoms with Crippen LogP contribution < -0.4 is 4.74 Å². The minimum atomic E-state index is -4.61. The summed E-state index contributed by atoms with van der Waals surface area (Å²) < 4.78 is 85.3. The van der Waals surface area contributed by atoms with Crippen LogP contribution in [0, 0.1) is 5.82 Å². The summed E-state index contributed by atoms with van der Waals surface area (Å²) in [4.78, 5) is 4.02. The van der Waals surface area contributed by atoms with Gasteiger partial charge < -0.3 is 4.74 Å². The molecule has 9 heteroatoms. The van der Waals surface area contributed by atoms with Crippen LogP contribution in [-0.4, -0.2) is 18.7 Å². The van der Waals surface area contributed by atoms with E-state index in [1.165, 1.54) is 60.8 Å². The first-order chi connectivity index (χ1) is 16.0. The van der Waals surface area contributed by atoms with Crippen LogP contribution in [0.3, 0.4) is 0 Å². The third-order valence-electron chi connectivity index (χ3n) is 5.31. The van der Waals surface area contributed by atoms with Crippen molar-refractivity contribution in [3.63, 3.8) is 0 Å². The number of alkyl halides is 3. The number of rotatable bonds is 5. The van der Waals surface area contributed by atoms with Gasteiger partial charge in [0.15, 0.2) is 9.84 Å². The van der Waals surface area contributed by atoms with Crippen molar-refractivity contribution >= 4 is 20.7 Å². The van der Waals surface area contributed by atoms with E-state index in [4.69, 9.17) is 4.74 Å². The van der Waals surface area contributed by atoms with Crippen molar-refractivity contribution in [2.45, 2.75) is 30.2 Å². The van der Waals surface area contributed by atoms with Crippen LogP contribution in [0.25, 0.3) is 22.0 Å². The van der Waals surface area contributed by atoms with Gasteiger partial charge in [0.1, 0.15) is 17.3 Å². The average molecular weight is 489 g/mol. The molecule has 3 aromatic carbocycles. The summed E-state index contributed by atoms with van der Waals surface area (Å²) in [6.07, 6.45) is -3.41. The molecule has 0 bridgehead atoms. The van der Waals surface area contributed by atoms with Crippen LogP contribution in [0.1, 0.15) is 19.4 Å². The van der Waals surface area contributed by atoms with Crippen molar-refractivity contribution in [2.75, 3.05) is 0 Å². The molecule has 0 spiro atoms. The minimum absolute atomic E-state index is 0.0447. The highest BCUT2D eigenvalue weighted by atomic mass is 32.2. The largest absolute Gasteiger partial charge is 0.457 e. The first-order valence-electron chi connectivity index (χ1n) is 10.2. The maximum Gasteiger partial charge on any atom is 0.418 e. The van der Waals surface area contributed by atoms with Gasteiger partial charge in [0.05, 0.1) is 21.2 Å². The zero-order chi connectivity index (χ0) is 24.7. The Bertz CT molecular complexity index is 1460. The summed E-state index contributed by atoms with van der Waals surface area (Å²) in [6, 6.07) is 14.8. The molecule has 0 fully saturated rings. The second kappa shape index (κ2) is 8.72. The van der Waals surface area contributed by atoms with Gasteiger partial charge in [-0.15, -0.1) is 0 Å². The number of hydrogen-bond acceptors (Lipinski definition) is 4. The molecule has 0 aliphatic heterocycles. The summed E-state index contributed by atoms with van der Waals surface area (Å²) in [5, 5.41) is -0.427. The molecule has 4 aromatic rings. The summed E-state index contributed by atoms with van der Waals surface area (Å²) in [6.45, 7) is 3.17. The van der Waals surface area contributed by atoms with Crippen molar-refractivity contribution in [2.24, 2.45) is 0 Å². The van der Waals surface area contributed by atoms with Crippen LogP contribution in [-0.2, 0) is 16.0 Å². The number of para-hydroxylation sites is 1. The minimum Gasteiger partial charge on any atom is -0.457 e. The summed E-state index contributed by atoms with van der Waals surface area (Å²) in [5.41, 5.74) is -0.906. The normalized spacial score (nSPS) is 12.3. The summed E-state index contributed by atoms with van der Waals surface area (Å²) in [5.74, 6) is -0.0948. The second-order valence-electron chi connectivity index (χ2n) is 7.87. The first kappa shape index (κ1) is 23.7. The molecule has 0 atom stereocenters. The van der Waals surface area contributed by atoms with Crippen LogP contribution in [0.4, 0.5) is 17.6 Å². The predicted molar refractivity (Wildman–Crippen MR) is 121 cm³/mol. The zero-order valence-corrected chi connectivity index (χ0v) is 18.9. The molecule has 4 rings (SSSR count). The fourth-order valence-electron chi connectivity index (χ4n) is 3.52. The molecule has 0 amide bonds. The van der Waals surface area contributed by atoms with E-state index < -0.39 is 32.6 Å². The average Bonchev–Trinajstić information content (AvgIpc) is 2.79. The number of fused-ring (bicyclic) bond motifs is 1. The third-order valence-corrected chi connectivity index (χ3v) is 7.48. The van der Waals surface area contributed by atoms with E-state index in [1.807, 2.05) is 0 Å². The van der Waals surface area contributed by atoms with Crippen molar-refractivity contribution < 1.29 is 30.7 Å². The van der Waals surface area contributed by atoms with Gasteiger partial charge in [-0.1, -0.05) is 12.1 Å². The van der Waals surface area contributed by atoms with E-state index >= 15 is 0 Å². The number of ether oxygens (including phenoxy) is 1. The Morgan fingerprint density at radius 2 is 1.56 bits per heavy atom. The third kappa shape index (κ3) is 4.48. The van der Waals surface area contributed by atoms with Crippen LogP contribution in [0.15, 0.2) is 77.8 Å². The highest BCUT2D eigenvalue weighted by Crippen LogP contribution is 2.38. The second-order valence-corrected chi connectivity index (χ2v) is 10.4. The van der Waals surface area contributed by atoms with Crippen molar-refractivity contribution in [3.05, 3.63) is 84.3 Å². The van der Waals surface area contributed by atoms with Gasteiger partial charge in [0.2, 0.25) is 0 Å². The summed E-state index contributed by atoms with van der Waals surface area (Å²) in [7, 11) is -3.44. The number of hydrogen-bond donors (Lipinski definition) is 0. The Labute approximate surface area is 193 Å². The molecule has 34 heavy (non-hydrogen) atoms. The van der Waals surface area contributed by atoms with Crippen LogP contribution in [0.5, 0.6) is 11.5 Å². The van der Waals surface area contributed by atoms with Gasteiger partial charge in [-0.25, -0.2) is 12.8 Å². The van der Waals surface area contributed by atoms with Crippen LogP contribution in [0.2, 0.25) is 0 Å². The standard InChI is InChI=1S/C25H19F4NO3S/c1-15(2)34(31,32)18-9-6-16(7-10-18)33-17-8-11-23(26)21(14-17)19-12-13-30-24-20(19)4-3-5-22(24)25(27,28)29/h3-15H,1-2H3. The van der Waals surface area contributed by atoms with Gasteiger partial charge in [0.25, 0.3) is 0 Å². The molecule has 0 radical (unpaired) electrons. The molecule has 0 unspecified atom stereocenters. The number of halogens is 4. The summed E-state index contributed by atoms with van der Waals surface area (Å²) >= 11 is 0. The SMILES string of the molecule is CC(C)S(=O)(=O)c1ccc(Oc2ccc(F)c(-c3ccnc4c(C(F)(F)F)cccc34)c2)cc1. The molecule has 0 saturated carbocycles.